The van der Waals surface area contributed by atoms with Gasteiger partial charge in [-0.25, -0.2) is 17.5 Å². The van der Waals surface area contributed by atoms with Crippen LogP contribution in [0.5, 0.6) is 0 Å². The lowest BCUT2D eigenvalue weighted by Crippen LogP contribution is -2.44. The van der Waals surface area contributed by atoms with E-state index in [1.165, 1.54) is 0 Å². The van der Waals surface area contributed by atoms with E-state index in [1.807, 2.05) is 7.05 Å². The molecule has 1 saturated heterocycles. The second-order valence-corrected chi connectivity index (χ2v) is 7.88. The smallest absolute Gasteiger partial charge is 0.243 e. The molecule has 0 aliphatic carbocycles. The Morgan fingerprint density at radius 3 is 2.86 bits per heavy atom. The van der Waals surface area contributed by atoms with Crippen molar-refractivity contribution in [2.45, 2.75) is 30.2 Å². The van der Waals surface area contributed by atoms with Gasteiger partial charge in [-0.3, -0.25) is 0 Å². The second-order valence-electron chi connectivity index (χ2n) is 5.29. The molecule has 118 valence electrons. The van der Waals surface area contributed by atoms with Gasteiger partial charge >= 0.3 is 0 Å². The summed E-state index contributed by atoms with van der Waals surface area (Å²) in [5.41, 5.74) is 5.82. The van der Waals surface area contributed by atoms with Gasteiger partial charge in [0.25, 0.3) is 0 Å². The topological polar surface area (TPSA) is 75.4 Å². The molecule has 21 heavy (non-hydrogen) atoms. The van der Waals surface area contributed by atoms with Crippen molar-refractivity contribution in [2.24, 2.45) is 0 Å². The van der Waals surface area contributed by atoms with Crippen molar-refractivity contribution in [1.29, 1.82) is 0 Å². The Balaban J connectivity index is 2.13. The Hall–Kier alpha value is -0.700. The van der Waals surface area contributed by atoms with E-state index in [-0.39, 0.29) is 18.3 Å². The van der Waals surface area contributed by atoms with Crippen LogP contribution in [-0.4, -0.2) is 39.5 Å². The lowest BCUT2D eigenvalue weighted by Gasteiger charge is -2.32. The summed E-state index contributed by atoms with van der Waals surface area (Å²) in [7, 11) is -1.94. The molecule has 1 unspecified atom stereocenters. The maximum atomic E-state index is 13.9. The van der Waals surface area contributed by atoms with Crippen LogP contribution in [0.15, 0.2) is 21.5 Å². The predicted molar refractivity (Wildman–Crippen MR) is 84.0 cm³/mol. The summed E-state index contributed by atoms with van der Waals surface area (Å²) in [5.74, 6) is -0.819. The molecule has 0 aromatic heterocycles. The van der Waals surface area contributed by atoms with Gasteiger partial charge in [0.15, 0.2) is 0 Å². The van der Waals surface area contributed by atoms with Crippen LogP contribution in [-0.2, 0) is 10.0 Å². The summed E-state index contributed by atoms with van der Waals surface area (Å²) >= 11 is 3.07. The number of hydrogen-bond acceptors (Lipinski definition) is 4. The molecule has 1 aliphatic heterocycles. The number of likely N-dealkylation sites (N-methyl/N-ethyl adjacent to an activating group) is 1. The molecule has 0 saturated carbocycles. The van der Waals surface area contributed by atoms with Gasteiger partial charge < -0.3 is 10.6 Å². The molecule has 0 amide bonds. The van der Waals surface area contributed by atoms with Crippen molar-refractivity contribution >= 4 is 31.6 Å². The molecule has 0 radical (unpaired) electrons. The number of anilines is 1. The standard InChI is InChI=1S/C13H19BrFN3O2S/c1-18-5-3-2-4-9(18)8-17-21(19,20)13-7-12(16)10(14)6-11(13)15/h6-7,9,17H,2-5,8,16H2,1H3. The maximum Gasteiger partial charge on any atom is 0.243 e. The highest BCUT2D eigenvalue weighted by molar-refractivity contribution is 9.10. The summed E-state index contributed by atoms with van der Waals surface area (Å²) in [6.07, 6.45) is 3.14. The molecule has 1 aliphatic rings. The molecule has 1 aromatic carbocycles. The van der Waals surface area contributed by atoms with Crippen molar-refractivity contribution < 1.29 is 12.8 Å². The van der Waals surface area contributed by atoms with Crippen LogP contribution in [0.2, 0.25) is 0 Å². The Morgan fingerprint density at radius 2 is 2.19 bits per heavy atom. The first-order valence-electron chi connectivity index (χ1n) is 6.75. The zero-order chi connectivity index (χ0) is 15.6. The first-order valence-corrected chi connectivity index (χ1v) is 9.03. The number of nitrogens with zero attached hydrogens (tertiary/aromatic N) is 1. The van der Waals surface area contributed by atoms with Crippen LogP contribution in [0.1, 0.15) is 19.3 Å². The predicted octanol–water partition coefficient (Wildman–Crippen LogP) is 1.93. The zero-order valence-corrected chi connectivity index (χ0v) is 14.2. The fourth-order valence-corrected chi connectivity index (χ4v) is 3.92. The third-order valence-corrected chi connectivity index (χ3v) is 5.90. The number of nitrogens with one attached hydrogen (secondary N) is 1. The molecular formula is C13H19BrFN3O2S. The summed E-state index contributed by atoms with van der Waals surface area (Å²) in [4.78, 5) is 1.71. The van der Waals surface area contributed by atoms with Gasteiger partial charge in [-0.05, 0) is 54.5 Å². The SMILES string of the molecule is CN1CCCCC1CNS(=O)(=O)c1cc(N)c(Br)cc1F. The highest BCUT2D eigenvalue weighted by atomic mass is 79.9. The van der Waals surface area contributed by atoms with E-state index in [0.717, 1.165) is 37.9 Å². The number of sulfonamides is 1. The largest absolute Gasteiger partial charge is 0.398 e. The maximum absolute atomic E-state index is 13.9. The first kappa shape index (κ1) is 16.7. The second kappa shape index (κ2) is 6.60. The normalized spacial score (nSPS) is 20.6. The molecule has 5 nitrogen and oxygen atoms in total. The highest BCUT2D eigenvalue weighted by Crippen LogP contribution is 2.26. The number of hydrogen-bond donors (Lipinski definition) is 2. The average molecular weight is 380 g/mol. The minimum Gasteiger partial charge on any atom is -0.398 e. The van der Waals surface area contributed by atoms with Gasteiger partial charge in [0.05, 0.1) is 0 Å². The molecular weight excluding hydrogens is 361 g/mol. The number of likely N-dealkylation sites (tertiary alicyclic amines) is 1. The van der Waals surface area contributed by atoms with E-state index in [1.54, 1.807) is 0 Å². The molecule has 3 N–H and O–H groups in total. The van der Waals surface area contributed by atoms with E-state index in [4.69, 9.17) is 5.73 Å². The van der Waals surface area contributed by atoms with Gasteiger partial charge in [-0.15, -0.1) is 0 Å². The molecule has 1 aromatic rings. The summed E-state index contributed by atoms with van der Waals surface area (Å²) < 4.78 is 41.1. The number of halogens is 2. The van der Waals surface area contributed by atoms with E-state index in [0.29, 0.717) is 4.47 Å². The third-order valence-electron chi connectivity index (χ3n) is 3.77. The molecule has 2 rings (SSSR count). The van der Waals surface area contributed by atoms with Gasteiger partial charge in [0.2, 0.25) is 10.0 Å². The van der Waals surface area contributed by atoms with Crippen LogP contribution < -0.4 is 10.5 Å². The molecule has 1 atom stereocenters. The molecule has 1 fully saturated rings. The molecule has 0 bridgehead atoms. The van der Waals surface area contributed by atoms with Crippen LogP contribution in [0.4, 0.5) is 10.1 Å². The summed E-state index contributed by atoms with van der Waals surface area (Å²) in [5, 5.41) is 0. The average Bonchev–Trinajstić information content (AvgIpc) is 2.42. The van der Waals surface area contributed by atoms with Crippen LogP contribution in [0.25, 0.3) is 0 Å². The quantitative estimate of drug-likeness (QED) is 0.783. The summed E-state index contributed by atoms with van der Waals surface area (Å²) in [6, 6.07) is 2.34. The number of nitrogen functional groups attached to an aromatic ring is 1. The van der Waals surface area contributed by atoms with Crippen molar-refractivity contribution in [3.63, 3.8) is 0 Å². The number of piperidine rings is 1. The monoisotopic (exact) mass is 379 g/mol. The van der Waals surface area contributed by atoms with Crippen LogP contribution in [0.3, 0.4) is 0 Å². The lowest BCUT2D eigenvalue weighted by atomic mass is 10.0. The summed E-state index contributed by atoms with van der Waals surface area (Å²) in [6.45, 7) is 1.22. The van der Waals surface area contributed by atoms with Crippen molar-refractivity contribution in [2.75, 3.05) is 25.9 Å². The van der Waals surface area contributed by atoms with E-state index in [2.05, 4.69) is 25.6 Å². The van der Waals surface area contributed by atoms with E-state index >= 15 is 0 Å². The van der Waals surface area contributed by atoms with E-state index in [9.17, 15) is 12.8 Å². The van der Waals surface area contributed by atoms with Crippen molar-refractivity contribution in [3.05, 3.63) is 22.4 Å². The van der Waals surface area contributed by atoms with Gasteiger partial charge in [0.1, 0.15) is 10.7 Å². The Kier molecular flexibility index (Phi) is 5.24. The Morgan fingerprint density at radius 1 is 1.48 bits per heavy atom. The Labute approximate surface area is 132 Å². The number of benzene rings is 1. The van der Waals surface area contributed by atoms with Crippen molar-refractivity contribution in [1.82, 2.24) is 9.62 Å². The first-order chi connectivity index (χ1) is 9.81. The van der Waals surface area contributed by atoms with Crippen molar-refractivity contribution in [3.8, 4) is 0 Å². The Bertz CT molecular complexity index is 624. The molecule has 1 heterocycles. The van der Waals surface area contributed by atoms with Crippen LogP contribution in [0, 0.1) is 5.82 Å². The van der Waals surface area contributed by atoms with Crippen LogP contribution >= 0.6 is 15.9 Å². The molecule has 8 heteroatoms. The minimum absolute atomic E-state index is 0.143. The number of rotatable bonds is 4. The van der Waals surface area contributed by atoms with Gasteiger partial charge in [-0.1, -0.05) is 6.42 Å². The zero-order valence-electron chi connectivity index (χ0n) is 11.8. The fraction of sp³-hybridized carbons (Fsp3) is 0.538. The van der Waals surface area contributed by atoms with Gasteiger partial charge in [0, 0.05) is 22.7 Å². The fourth-order valence-electron chi connectivity index (χ4n) is 2.44. The highest BCUT2D eigenvalue weighted by Gasteiger charge is 2.24. The lowest BCUT2D eigenvalue weighted by molar-refractivity contribution is 0.187. The third kappa shape index (κ3) is 3.94. The van der Waals surface area contributed by atoms with E-state index < -0.39 is 20.7 Å². The number of nitrogens with two attached hydrogens (primary N) is 1. The molecule has 0 spiro atoms. The van der Waals surface area contributed by atoms with Gasteiger partial charge in [-0.2, -0.15) is 0 Å². The minimum atomic E-state index is -3.91.